The van der Waals surface area contributed by atoms with E-state index in [9.17, 15) is 9.90 Å². The quantitative estimate of drug-likeness (QED) is 0.534. The van der Waals surface area contributed by atoms with E-state index in [0.29, 0.717) is 30.1 Å². The fourth-order valence-electron chi connectivity index (χ4n) is 6.64. The summed E-state index contributed by atoms with van der Waals surface area (Å²) in [4.78, 5) is 13.3. The first kappa shape index (κ1) is 21.8. The molecule has 4 rings (SSSR count). The molecule has 0 amide bonds. The summed E-state index contributed by atoms with van der Waals surface area (Å²) in [7, 11) is 0. The number of allylic oxidation sites excluding steroid dienone is 7. The molecule has 0 heterocycles. The van der Waals surface area contributed by atoms with Gasteiger partial charge >= 0.3 is 0 Å². The molecule has 6 atom stereocenters. The highest BCUT2D eigenvalue weighted by Crippen LogP contribution is 2.62. The van der Waals surface area contributed by atoms with Crippen molar-refractivity contribution in [3.8, 4) is 0 Å². The highest BCUT2D eigenvalue weighted by molar-refractivity contribution is 6.10. The second-order valence-corrected chi connectivity index (χ2v) is 11.3. The van der Waals surface area contributed by atoms with Gasteiger partial charge in [-0.05, 0) is 84.8 Å². The number of rotatable bonds is 4. The standard InChI is InChI=1S/C28H40O2/c1-17(2)18(3)7-8-19(4)22-9-10-23-26-24(12-14-28(22,23)6)27(5)13-11-21(29)15-20(27)16-25(26)30/h7-8,10,16-19,21-22,29H,9,11-15H2,1-6H3/b8-7+/t18-,19+,21+,22+,27-,28+/m0/s1. The molecule has 4 aliphatic rings. The van der Waals surface area contributed by atoms with Gasteiger partial charge in [-0.15, -0.1) is 0 Å². The van der Waals surface area contributed by atoms with Crippen molar-refractivity contribution in [3.63, 3.8) is 0 Å². The molecule has 0 bridgehead atoms. The van der Waals surface area contributed by atoms with Crippen molar-refractivity contribution in [2.24, 2.45) is 34.5 Å². The number of hydrogen-bond acceptors (Lipinski definition) is 2. The lowest BCUT2D eigenvalue weighted by molar-refractivity contribution is -0.111. The van der Waals surface area contributed by atoms with E-state index in [1.165, 1.54) is 16.7 Å². The summed E-state index contributed by atoms with van der Waals surface area (Å²) in [5.74, 6) is 2.54. The molecule has 0 radical (unpaired) electrons. The van der Waals surface area contributed by atoms with Gasteiger partial charge in [-0.25, -0.2) is 0 Å². The zero-order chi connectivity index (χ0) is 21.8. The van der Waals surface area contributed by atoms with Crippen molar-refractivity contribution in [1.82, 2.24) is 0 Å². The van der Waals surface area contributed by atoms with E-state index >= 15 is 0 Å². The fraction of sp³-hybridized carbons (Fsp3) is 0.679. The molecule has 1 fully saturated rings. The molecule has 30 heavy (non-hydrogen) atoms. The first-order chi connectivity index (χ1) is 14.1. The van der Waals surface area contributed by atoms with Crippen molar-refractivity contribution in [2.75, 3.05) is 0 Å². The van der Waals surface area contributed by atoms with Crippen LogP contribution in [0.5, 0.6) is 0 Å². The second kappa shape index (κ2) is 7.62. The lowest BCUT2D eigenvalue weighted by Gasteiger charge is -2.49. The SMILES string of the molecule is CC(C)[C@@H](C)/C=C/[C@@H](C)[C@H]1CC=C2C3=C(CC[C@@]21C)[C@@]1(C)CC[C@@H](O)CC1=CC3=O. The van der Waals surface area contributed by atoms with E-state index in [1.54, 1.807) is 0 Å². The van der Waals surface area contributed by atoms with E-state index < -0.39 is 0 Å². The molecular weight excluding hydrogens is 368 g/mol. The number of carbonyl (C=O) groups is 1. The summed E-state index contributed by atoms with van der Waals surface area (Å²) in [5.41, 5.74) is 4.98. The minimum absolute atomic E-state index is 0.0268. The van der Waals surface area contributed by atoms with Crippen molar-refractivity contribution >= 4 is 5.78 Å². The Labute approximate surface area is 183 Å². The maximum Gasteiger partial charge on any atom is 0.186 e. The predicted octanol–water partition coefficient (Wildman–Crippen LogP) is 6.57. The first-order valence-electron chi connectivity index (χ1n) is 12.1. The lowest BCUT2D eigenvalue weighted by atomic mass is 9.54. The minimum atomic E-state index is -0.288. The third-order valence-electron chi connectivity index (χ3n) is 9.24. The largest absolute Gasteiger partial charge is 0.393 e. The van der Waals surface area contributed by atoms with Crippen LogP contribution in [0.25, 0.3) is 0 Å². The highest BCUT2D eigenvalue weighted by atomic mass is 16.3. The lowest BCUT2D eigenvalue weighted by Crippen LogP contribution is -2.41. The molecule has 0 aromatic carbocycles. The summed E-state index contributed by atoms with van der Waals surface area (Å²) >= 11 is 0. The van der Waals surface area contributed by atoms with Crippen LogP contribution in [-0.2, 0) is 4.79 Å². The third kappa shape index (κ3) is 3.30. The highest BCUT2D eigenvalue weighted by Gasteiger charge is 2.52. The van der Waals surface area contributed by atoms with Gasteiger partial charge in [0.2, 0.25) is 0 Å². The van der Waals surface area contributed by atoms with E-state index in [1.807, 2.05) is 6.08 Å². The zero-order valence-electron chi connectivity index (χ0n) is 19.8. The molecule has 0 saturated heterocycles. The molecule has 0 spiro atoms. The van der Waals surface area contributed by atoms with Gasteiger partial charge in [0.1, 0.15) is 0 Å². The second-order valence-electron chi connectivity index (χ2n) is 11.3. The Kier molecular flexibility index (Phi) is 5.54. The Bertz CT molecular complexity index is 854. The molecule has 0 aromatic rings. The summed E-state index contributed by atoms with van der Waals surface area (Å²) in [6.07, 6.45) is 14.5. The van der Waals surface area contributed by atoms with E-state index in [-0.39, 0.29) is 22.7 Å². The van der Waals surface area contributed by atoms with Crippen LogP contribution in [0, 0.1) is 34.5 Å². The summed E-state index contributed by atoms with van der Waals surface area (Å²) in [6.45, 7) is 14.0. The van der Waals surface area contributed by atoms with E-state index in [0.717, 1.165) is 37.7 Å². The number of aliphatic hydroxyl groups is 1. The van der Waals surface area contributed by atoms with Gasteiger partial charge in [0.15, 0.2) is 5.78 Å². The molecular formula is C28H40O2. The van der Waals surface area contributed by atoms with Gasteiger partial charge in [0.05, 0.1) is 6.10 Å². The number of carbonyl (C=O) groups excluding carboxylic acids is 1. The monoisotopic (exact) mass is 408 g/mol. The van der Waals surface area contributed by atoms with Gasteiger partial charge in [0.25, 0.3) is 0 Å². The van der Waals surface area contributed by atoms with Gasteiger partial charge in [-0.3, -0.25) is 4.79 Å². The summed E-state index contributed by atoms with van der Waals surface area (Å²) in [6, 6.07) is 0. The average Bonchev–Trinajstić information content (AvgIpc) is 3.04. The maximum atomic E-state index is 13.3. The van der Waals surface area contributed by atoms with Crippen LogP contribution in [0.1, 0.15) is 80.1 Å². The smallest absolute Gasteiger partial charge is 0.186 e. The molecule has 1 saturated carbocycles. The van der Waals surface area contributed by atoms with E-state index in [2.05, 4.69) is 59.8 Å². The molecule has 0 aromatic heterocycles. The van der Waals surface area contributed by atoms with Crippen LogP contribution in [0.2, 0.25) is 0 Å². The van der Waals surface area contributed by atoms with Crippen molar-refractivity contribution < 1.29 is 9.90 Å². The first-order valence-corrected chi connectivity index (χ1v) is 12.1. The van der Waals surface area contributed by atoms with Crippen molar-refractivity contribution in [3.05, 3.63) is 46.6 Å². The number of hydrogen-bond donors (Lipinski definition) is 1. The number of fused-ring (bicyclic) bond motifs is 4. The Morgan fingerprint density at radius 1 is 1.13 bits per heavy atom. The van der Waals surface area contributed by atoms with Crippen LogP contribution < -0.4 is 0 Å². The third-order valence-corrected chi connectivity index (χ3v) is 9.24. The van der Waals surface area contributed by atoms with Crippen molar-refractivity contribution in [2.45, 2.75) is 86.2 Å². The Balaban J connectivity index is 1.64. The number of aliphatic hydroxyl groups excluding tert-OH is 1. The average molecular weight is 409 g/mol. The summed E-state index contributed by atoms with van der Waals surface area (Å²) in [5, 5.41) is 10.2. The molecule has 0 aliphatic heterocycles. The van der Waals surface area contributed by atoms with Gasteiger partial charge < -0.3 is 5.11 Å². The van der Waals surface area contributed by atoms with Gasteiger partial charge in [-0.1, -0.05) is 65.3 Å². The minimum Gasteiger partial charge on any atom is -0.393 e. The molecule has 164 valence electrons. The molecule has 4 aliphatic carbocycles. The number of ketones is 1. The normalized spacial score (nSPS) is 38.2. The van der Waals surface area contributed by atoms with Crippen LogP contribution in [0.4, 0.5) is 0 Å². The predicted molar refractivity (Wildman–Crippen MR) is 124 cm³/mol. The Hall–Kier alpha value is -1.41. The molecule has 2 nitrogen and oxygen atoms in total. The van der Waals surface area contributed by atoms with Crippen molar-refractivity contribution in [1.29, 1.82) is 0 Å². The summed E-state index contributed by atoms with van der Waals surface area (Å²) < 4.78 is 0. The van der Waals surface area contributed by atoms with Crippen LogP contribution >= 0.6 is 0 Å². The van der Waals surface area contributed by atoms with Crippen LogP contribution in [0.15, 0.2) is 46.6 Å². The zero-order valence-corrected chi connectivity index (χ0v) is 19.8. The van der Waals surface area contributed by atoms with Gasteiger partial charge in [-0.2, -0.15) is 0 Å². The Morgan fingerprint density at radius 2 is 1.87 bits per heavy atom. The van der Waals surface area contributed by atoms with Crippen LogP contribution in [-0.4, -0.2) is 17.0 Å². The molecule has 0 unspecified atom stereocenters. The molecule has 2 heteroatoms. The molecule has 1 N–H and O–H groups in total. The van der Waals surface area contributed by atoms with Crippen LogP contribution in [0.3, 0.4) is 0 Å². The topological polar surface area (TPSA) is 37.3 Å². The van der Waals surface area contributed by atoms with Gasteiger partial charge in [0, 0.05) is 11.0 Å². The van der Waals surface area contributed by atoms with E-state index in [4.69, 9.17) is 0 Å². The Morgan fingerprint density at radius 3 is 2.57 bits per heavy atom. The maximum absolute atomic E-state index is 13.3. The fourth-order valence-corrected chi connectivity index (χ4v) is 6.64.